The molecule has 2 N–H and O–H groups in total. The Bertz CT molecular complexity index is 764. The van der Waals surface area contributed by atoms with Gasteiger partial charge in [-0.3, -0.25) is 0 Å². The second kappa shape index (κ2) is 4.93. The summed E-state index contributed by atoms with van der Waals surface area (Å²) in [6.07, 6.45) is 0.969. The maximum Gasteiger partial charge on any atom is 0.131 e. The summed E-state index contributed by atoms with van der Waals surface area (Å²) in [7, 11) is 0. The number of pyridine rings is 1. The highest BCUT2D eigenvalue weighted by Crippen LogP contribution is 2.28. The van der Waals surface area contributed by atoms with Crippen LogP contribution in [0.1, 0.15) is 12.5 Å². The summed E-state index contributed by atoms with van der Waals surface area (Å²) in [5, 5.41) is 1.04. The van der Waals surface area contributed by atoms with Crippen LogP contribution >= 0.6 is 0 Å². The zero-order valence-electron chi connectivity index (χ0n) is 11.2. The number of fused-ring (bicyclic) bond motifs is 1. The molecule has 20 heavy (non-hydrogen) atoms. The predicted octanol–water partition coefficient (Wildman–Crippen LogP) is 4.19. The van der Waals surface area contributed by atoms with E-state index in [1.807, 2.05) is 12.1 Å². The first-order valence-electron chi connectivity index (χ1n) is 6.62. The van der Waals surface area contributed by atoms with Crippen molar-refractivity contribution in [1.29, 1.82) is 0 Å². The highest BCUT2D eigenvalue weighted by Gasteiger charge is 2.07. The van der Waals surface area contributed by atoms with Crippen molar-refractivity contribution in [3.8, 4) is 11.1 Å². The lowest BCUT2D eigenvalue weighted by Gasteiger charge is -2.08. The smallest absolute Gasteiger partial charge is 0.131 e. The van der Waals surface area contributed by atoms with Crippen LogP contribution in [-0.4, -0.2) is 4.98 Å². The lowest BCUT2D eigenvalue weighted by Crippen LogP contribution is -1.95. The molecule has 3 rings (SSSR count). The Morgan fingerprint density at radius 1 is 1.05 bits per heavy atom. The lowest BCUT2D eigenvalue weighted by molar-refractivity contribution is 0.628. The molecule has 2 aromatic carbocycles. The number of nitrogen functional groups attached to an aromatic ring is 1. The van der Waals surface area contributed by atoms with Crippen LogP contribution in [0.25, 0.3) is 22.0 Å². The number of benzene rings is 2. The average molecular weight is 266 g/mol. The van der Waals surface area contributed by atoms with Gasteiger partial charge in [-0.05, 0) is 41.8 Å². The van der Waals surface area contributed by atoms with Crippen LogP contribution in [0.15, 0.2) is 48.5 Å². The molecule has 0 aliphatic heterocycles. The van der Waals surface area contributed by atoms with Gasteiger partial charge in [0.25, 0.3) is 0 Å². The minimum atomic E-state index is -0.256. The monoisotopic (exact) mass is 266 g/mol. The second-order valence-electron chi connectivity index (χ2n) is 4.81. The molecule has 0 fully saturated rings. The molecule has 2 nitrogen and oxygen atoms in total. The summed E-state index contributed by atoms with van der Waals surface area (Å²) in [5.74, 6) is 0.214. The first kappa shape index (κ1) is 12.6. The first-order chi connectivity index (χ1) is 9.67. The largest absolute Gasteiger partial charge is 0.383 e. The normalized spacial score (nSPS) is 10.9. The zero-order chi connectivity index (χ0) is 14.1. The molecule has 0 aliphatic rings. The Hall–Kier alpha value is -2.42. The third-order valence-electron chi connectivity index (χ3n) is 3.48. The van der Waals surface area contributed by atoms with Crippen molar-refractivity contribution >= 4 is 16.7 Å². The maximum atomic E-state index is 13.0. The number of anilines is 1. The minimum Gasteiger partial charge on any atom is -0.383 e. The van der Waals surface area contributed by atoms with Crippen LogP contribution in [0.4, 0.5) is 10.2 Å². The Balaban J connectivity index is 2.17. The molecule has 0 bridgehead atoms. The van der Waals surface area contributed by atoms with Gasteiger partial charge in [0.05, 0.1) is 5.52 Å². The molecule has 0 saturated carbocycles. The standard InChI is InChI=1S/C17H15FN2/c1-2-11-3-4-13-10-15(17(19)20-16(13)9-11)12-5-7-14(18)8-6-12/h3-10H,2H2,1H3,(H2,19,20). The third kappa shape index (κ3) is 2.23. The highest BCUT2D eigenvalue weighted by atomic mass is 19.1. The van der Waals surface area contributed by atoms with Crippen LogP contribution < -0.4 is 5.73 Å². The lowest BCUT2D eigenvalue weighted by atomic mass is 10.0. The maximum absolute atomic E-state index is 13.0. The summed E-state index contributed by atoms with van der Waals surface area (Å²) < 4.78 is 13.0. The molecule has 0 unspecified atom stereocenters. The van der Waals surface area contributed by atoms with Crippen molar-refractivity contribution in [2.24, 2.45) is 0 Å². The van der Waals surface area contributed by atoms with Crippen molar-refractivity contribution in [3.63, 3.8) is 0 Å². The zero-order valence-corrected chi connectivity index (χ0v) is 11.2. The molecule has 3 aromatic rings. The molecule has 1 heterocycles. The molecule has 100 valence electrons. The molecule has 3 heteroatoms. The Morgan fingerprint density at radius 2 is 1.80 bits per heavy atom. The fraction of sp³-hybridized carbons (Fsp3) is 0.118. The topological polar surface area (TPSA) is 38.9 Å². The van der Waals surface area contributed by atoms with Crippen LogP contribution in [-0.2, 0) is 6.42 Å². The first-order valence-corrected chi connectivity index (χ1v) is 6.62. The molecular formula is C17H15FN2. The minimum absolute atomic E-state index is 0.256. The summed E-state index contributed by atoms with van der Waals surface area (Å²) >= 11 is 0. The summed E-state index contributed by atoms with van der Waals surface area (Å²) in [6.45, 7) is 2.11. The van der Waals surface area contributed by atoms with Gasteiger partial charge >= 0.3 is 0 Å². The van der Waals surface area contributed by atoms with E-state index in [-0.39, 0.29) is 5.82 Å². The van der Waals surface area contributed by atoms with Crippen LogP contribution in [0.2, 0.25) is 0 Å². The number of nitrogens with two attached hydrogens (primary N) is 1. The van der Waals surface area contributed by atoms with E-state index in [2.05, 4.69) is 24.0 Å². The van der Waals surface area contributed by atoms with Gasteiger partial charge in [-0.1, -0.05) is 31.2 Å². The van der Waals surface area contributed by atoms with Gasteiger partial charge in [0.2, 0.25) is 0 Å². The van der Waals surface area contributed by atoms with Gasteiger partial charge in [-0.2, -0.15) is 0 Å². The van der Waals surface area contributed by atoms with E-state index in [9.17, 15) is 4.39 Å². The van der Waals surface area contributed by atoms with Crippen LogP contribution in [0.5, 0.6) is 0 Å². The van der Waals surface area contributed by atoms with E-state index in [0.29, 0.717) is 5.82 Å². The predicted molar refractivity (Wildman–Crippen MR) is 80.9 cm³/mol. The fourth-order valence-corrected chi connectivity index (χ4v) is 2.31. The Kier molecular flexibility index (Phi) is 3.11. The van der Waals surface area contributed by atoms with Gasteiger partial charge in [0.15, 0.2) is 0 Å². The van der Waals surface area contributed by atoms with Crippen molar-refractivity contribution < 1.29 is 4.39 Å². The molecule has 0 atom stereocenters. The molecular weight excluding hydrogens is 251 g/mol. The Labute approximate surface area is 117 Å². The van der Waals surface area contributed by atoms with Gasteiger partial charge in [0, 0.05) is 10.9 Å². The Morgan fingerprint density at radius 3 is 2.50 bits per heavy atom. The fourth-order valence-electron chi connectivity index (χ4n) is 2.31. The number of aromatic nitrogens is 1. The van der Waals surface area contributed by atoms with Crippen molar-refractivity contribution in [2.75, 3.05) is 5.73 Å². The molecule has 0 aliphatic carbocycles. The number of halogens is 1. The summed E-state index contributed by atoms with van der Waals surface area (Å²) in [4.78, 5) is 4.47. The molecule has 0 amide bonds. The van der Waals surface area contributed by atoms with E-state index < -0.39 is 0 Å². The van der Waals surface area contributed by atoms with E-state index in [0.717, 1.165) is 28.5 Å². The van der Waals surface area contributed by atoms with Crippen molar-refractivity contribution in [3.05, 3.63) is 59.9 Å². The van der Waals surface area contributed by atoms with Gasteiger partial charge in [0.1, 0.15) is 11.6 Å². The van der Waals surface area contributed by atoms with Gasteiger partial charge in [-0.15, -0.1) is 0 Å². The van der Waals surface area contributed by atoms with Crippen molar-refractivity contribution in [1.82, 2.24) is 4.98 Å². The van der Waals surface area contributed by atoms with E-state index >= 15 is 0 Å². The molecule has 0 radical (unpaired) electrons. The number of rotatable bonds is 2. The summed E-state index contributed by atoms with van der Waals surface area (Å²) in [6, 6.07) is 14.5. The van der Waals surface area contributed by atoms with E-state index in [1.165, 1.54) is 17.7 Å². The molecule has 0 spiro atoms. The van der Waals surface area contributed by atoms with Crippen LogP contribution in [0.3, 0.4) is 0 Å². The van der Waals surface area contributed by atoms with Crippen LogP contribution in [0, 0.1) is 5.82 Å². The molecule has 1 aromatic heterocycles. The average Bonchev–Trinajstić information content (AvgIpc) is 2.47. The summed E-state index contributed by atoms with van der Waals surface area (Å²) in [5.41, 5.74) is 9.88. The van der Waals surface area contributed by atoms with Crippen molar-refractivity contribution in [2.45, 2.75) is 13.3 Å². The molecule has 0 saturated heterocycles. The highest BCUT2D eigenvalue weighted by molar-refractivity contribution is 5.89. The van der Waals surface area contributed by atoms with Gasteiger partial charge < -0.3 is 5.73 Å². The van der Waals surface area contributed by atoms with Gasteiger partial charge in [-0.25, -0.2) is 9.37 Å². The number of aryl methyl sites for hydroxylation is 1. The number of nitrogens with zero attached hydrogens (tertiary/aromatic N) is 1. The SMILES string of the molecule is CCc1ccc2cc(-c3ccc(F)cc3)c(N)nc2c1. The van der Waals surface area contributed by atoms with E-state index in [4.69, 9.17) is 5.73 Å². The number of hydrogen-bond acceptors (Lipinski definition) is 2. The quantitative estimate of drug-likeness (QED) is 0.755. The second-order valence-corrected chi connectivity index (χ2v) is 4.81. The third-order valence-corrected chi connectivity index (χ3v) is 3.48. The number of hydrogen-bond donors (Lipinski definition) is 1. The van der Waals surface area contributed by atoms with E-state index in [1.54, 1.807) is 12.1 Å².